The van der Waals surface area contributed by atoms with Crippen molar-refractivity contribution in [2.24, 2.45) is 0 Å². The van der Waals surface area contributed by atoms with Crippen LogP contribution in [-0.2, 0) is 14.2 Å². The fourth-order valence-corrected chi connectivity index (χ4v) is 6.44. The Balaban J connectivity index is 0.000000189. The van der Waals surface area contributed by atoms with Gasteiger partial charge in [0.15, 0.2) is 0 Å². The summed E-state index contributed by atoms with van der Waals surface area (Å²) in [6.45, 7) is 0. The largest absolute Gasteiger partial charge is 0 e. The van der Waals surface area contributed by atoms with E-state index in [1.807, 2.05) is 42.5 Å². The molecule has 0 aliphatic carbocycles. The number of pyridine rings is 2. The smallest absolute Gasteiger partial charge is 0 e. The monoisotopic (exact) mass is 817 g/mol. The molecule has 0 spiro atoms. The molecule has 15 heteroatoms. The van der Waals surface area contributed by atoms with E-state index in [1.165, 1.54) is 21.3 Å². The topological polar surface area (TPSA) is 172 Å². The number of esters is 2. The van der Waals surface area contributed by atoms with Crippen LogP contribution in [0.1, 0.15) is 29.8 Å². The second-order valence-corrected chi connectivity index (χ2v) is 11.7. The molecule has 52 heavy (non-hydrogen) atoms. The van der Waals surface area contributed by atoms with Crippen LogP contribution in [0, 0.1) is 3.57 Å². The molecule has 0 saturated heterocycles. The number of aromatic nitrogens is 4. The fourth-order valence-electron chi connectivity index (χ4n) is 5.55. The van der Waals surface area contributed by atoms with Crippen molar-refractivity contribution >= 4 is 90.9 Å². The molecule has 0 fully saturated rings. The van der Waals surface area contributed by atoms with Crippen molar-refractivity contribution in [2.45, 2.75) is 7.43 Å². The zero-order valence-electron chi connectivity index (χ0n) is 27.6. The SMILES string of the molecule is C.COC(=O)c1[nH]c2ccc3ccoc3c2c1-c1cccnc1OC.COC(=O)c1[nH]c2ccc3ccoc3c2c1I.COc1ncccc1B=O.[2HH]. The van der Waals surface area contributed by atoms with Crippen LogP contribution in [0.5, 0.6) is 11.8 Å². The number of rotatable bonds is 6. The molecule has 6 heterocycles. The van der Waals surface area contributed by atoms with E-state index in [0.717, 1.165) is 41.7 Å². The molecular weight excluding hydrogens is 782 g/mol. The van der Waals surface area contributed by atoms with Crippen LogP contribution in [0.4, 0.5) is 0 Å². The van der Waals surface area contributed by atoms with Gasteiger partial charge in [0.05, 0.1) is 59.2 Å². The molecule has 0 aliphatic heterocycles. The Hall–Kier alpha value is -5.97. The Morgan fingerprint density at radius 2 is 1.27 bits per heavy atom. The van der Waals surface area contributed by atoms with Crippen LogP contribution in [0.15, 0.2) is 94.4 Å². The molecule has 8 rings (SSSR count). The Kier molecular flexibility index (Phi) is 11.7. The molecular formula is C37H34BIN4O9. The normalized spacial score (nSPS) is 10.4. The minimum absolute atomic E-state index is 0. The molecule has 2 N–H and O–H groups in total. The summed E-state index contributed by atoms with van der Waals surface area (Å²) in [7, 11) is 6.45. The number of fused-ring (bicyclic) bond motifs is 6. The van der Waals surface area contributed by atoms with Gasteiger partial charge in [-0.25, -0.2) is 14.6 Å². The Labute approximate surface area is 312 Å². The van der Waals surface area contributed by atoms with Gasteiger partial charge in [0.25, 0.3) is 0 Å². The molecule has 0 amide bonds. The number of furan rings is 2. The van der Waals surface area contributed by atoms with Gasteiger partial charge >= 0.3 is 70.3 Å². The number of aromatic amines is 2. The van der Waals surface area contributed by atoms with Gasteiger partial charge < -0.3 is 33.0 Å². The summed E-state index contributed by atoms with van der Waals surface area (Å²) >= 11 is 2.13. The van der Waals surface area contributed by atoms with Gasteiger partial charge in [-0.15, -0.1) is 0 Å². The van der Waals surface area contributed by atoms with E-state index in [1.54, 1.807) is 50.2 Å². The van der Waals surface area contributed by atoms with Crippen LogP contribution in [-0.4, -0.2) is 67.5 Å². The minimum atomic E-state index is -0.466. The first-order valence-electron chi connectivity index (χ1n) is 15.1. The molecule has 0 radical (unpaired) electrons. The van der Waals surface area contributed by atoms with Gasteiger partial charge in [-0.05, 0) is 71.1 Å². The van der Waals surface area contributed by atoms with Crippen molar-refractivity contribution < 1.29 is 43.5 Å². The third-order valence-electron chi connectivity index (χ3n) is 7.84. The predicted octanol–water partition coefficient (Wildman–Crippen LogP) is 7.72. The average Bonchev–Trinajstić information content (AvgIpc) is 3.99. The summed E-state index contributed by atoms with van der Waals surface area (Å²) in [4.78, 5) is 38.1. The van der Waals surface area contributed by atoms with Gasteiger partial charge in [-0.2, -0.15) is 0 Å². The van der Waals surface area contributed by atoms with Gasteiger partial charge in [0, 0.05) is 29.5 Å². The maximum absolute atomic E-state index is 12.3. The van der Waals surface area contributed by atoms with E-state index in [4.69, 9.17) is 27.8 Å². The van der Waals surface area contributed by atoms with Crippen LogP contribution in [0.25, 0.3) is 54.9 Å². The van der Waals surface area contributed by atoms with Gasteiger partial charge in [-0.1, -0.05) is 7.43 Å². The van der Waals surface area contributed by atoms with Gasteiger partial charge in [0.1, 0.15) is 22.6 Å². The molecule has 2 aromatic carbocycles. The van der Waals surface area contributed by atoms with Crippen molar-refractivity contribution in [3.8, 4) is 22.9 Å². The first-order valence-corrected chi connectivity index (χ1v) is 16.2. The summed E-state index contributed by atoms with van der Waals surface area (Å²) in [5.41, 5.74) is 5.76. The number of halogens is 1. The zero-order chi connectivity index (χ0) is 36.1. The second-order valence-electron chi connectivity index (χ2n) is 10.6. The van der Waals surface area contributed by atoms with Crippen molar-refractivity contribution in [3.63, 3.8) is 0 Å². The number of nitrogens with zero attached hydrogens (tertiary/aromatic N) is 2. The Morgan fingerprint density at radius 3 is 1.85 bits per heavy atom. The molecule has 0 unspecified atom stereocenters. The molecule has 0 bridgehead atoms. The van der Waals surface area contributed by atoms with E-state index in [2.05, 4.69) is 42.5 Å². The summed E-state index contributed by atoms with van der Waals surface area (Å²) in [5, 5.41) is 3.69. The Morgan fingerprint density at radius 1 is 0.731 bits per heavy atom. The molecule has 266 valence electrons. The van der Waals surface area contributed by atoms with Crippen molar-refractivity contribution in [3.05, 3.63) is 101 Å². The number of carbonyl (C=O) groups is 2. The van der Waals surface area contributed by atoms with E-state index >= 15 is 0 Å². The summed E-state index contributed by atoms with van der Waals surface area (Å²) in [5.74, 6) is -0.0401. The van der Waals surface area contributed by atoms with Gasteiger partial charge in [0.2, 0.25) is 5.88 Å². The van der Waals surface area contributed by atoms with Crippen LogP contribution in [0.3, 0.4) is 0 Å². The average molecular weight is 817 g/mol. The molecule has 0 saturated carbocycles. The molecule has 0 atom stereocenters. The maximum atomic E-state index is 12.3. The minimum Gasteiger partial charge on any atom is 0 e. The predicted molar refractivity (Wildman–Crippen MR) is 207 cm³/mol. The molecule has 0 aliphatic rings. The number of ether oxygens (including phenoxy) is 4. The Bertz CT molecular complexity index is 2540. The second kappa shape index (κ2) is 16.4. The third kappa shape index (κ3) is 6.99. The zero-order valence-corrected chi connectivity index (χ0v) is 29.8. The number of hydrogen-bond acceptors (Lipinski definition) is 11. The van der Waals surface area contributed by atoms with Crippen molar-refractivity contribution in [1.29, 1.82) is 0 Å². The quantitative estimate of drug-likeness (QED) is 0.0956. The van der Waals surface area contributed by atoms with Crippen LogP contribution >= 0.6 is 22.6 Å². The number of H-pyrrole nitrogens is 2. The summed E-state index contributed by atoms with van der Waals surface area (Å²) < 4.78 is 42.0. The first-order chi connectivity index (χ1) is 24.8. The molecule has 8 aromatic rings. The van der Waals surface area contributed by atoms with E-state index in [-0.39, 0.29) is 14.8 Å². The standard InChI is InChI=1S/C18H14N2O4.C12H8INO3.C6H6BNO2.CH4.H2/c1-22-17-11(4-3-8-19-17)13-14-12(20-15(13)18(21)23-2)6-5-10-7-9-24-16(10)14;1-16-12(15)10-9(13)8-7(14-10)3-2-6-4-5-17-11(6)8;1-10-6-5(7-9)3-2-4-8-6;;/h3-9,20H,1-2H3;2-5,14H,1H3;2-4H,1H3;1H4;1H/i;;;;1+1. The number of benzene rings is 2. The van der Waals surface area contributed by atoms with E-state index < -0.39 is 5.97 Å². The van der Waals surface area contributed by atoms with Crippen molar-refractivity contribution in [1.82, 2.24) is 19.9 Å². The number of methoxy groups -OCH3 is 4. The molecule has 13 nitrogen and oxygen atoms in total. The van der Waals surface area contributed by atoms with Crippen LogP contribution in [0.2, 0.25) is 0 Å². The van der Waals surface area contributed by atoms with Crippen molar-refractivity contribution in [2.75, 3.05) is 28.4 Å². The number of nitrogens with one attached hydrogen (secondary N) is 2. The van der Waals surface area contributed by atoms with E-state index in [0.29, 0.717) is 52.5 Å². The van der Waals surface area contributed by atoms with E-state index in [9.17, 15) is 14.3 Å². The maximum Gasteiger partial charge on any atom is 0 e. The number of carbonyl (C=O) groups excluding carboxylic acids is 2. The number of hydrogen-bond donors (Lipinski definition) is 2. The summed E-state index contributed by atoms with van der Waals surface area (Å²) in [6.07, 6.45) is 6.48. The van der Waals surface area contributed by atoms with Crippen LogP contribution < -0.4 is 14.9 Å². The molecule has 6 aromatic heterocycles. The van der Waals surface area contributed by atoms with Gasteiger partial charge in [-0.3, -0.25) is 0 Å². The third-order valence-corrected chi connectivity index (χ3v) is 8.91. The fraction of sp³-hybridized carbons (Fsp3) is 0.135. The first kappa shape index (κ1) is 37.3. The summed E-state index contributed by atoms with van der Waals surface area (Å²) in [6, 6.07) is 18.5.